The van der Waals surface area contributed by atoms with E-state index in [9.17, 15) is 14.7 Å². The molecule has 2 fully saturated rings. The largest absolute Gasteiger partial charge is 0.481 e. The number of carbonyl (C=O) groups excluding carboxylic acids is 1. The molecule has 2 aliphatic carbocycles. The number of rotatable bonds is 6. The van der Waals surface area contributed by atoms with Gasteiger partial charge in [-0.3, -0.25) is 9.59 Å². The van der Waals surface area contributed by atoms with Crippen molar-refractivity contribution < 1.29 is 14.7 Å². The van der Waals surface area contributed by atoms with Crippen LogP contribution in [0.4, 0.5) is 0 Å². The maximum Gasteiger partial charge on any atom is 0.310 e. The van der Waals surface area contributed by atoms with Crippen LogP contribution in [0.15, 0.2) is 0 Å². The molecule has 114 valence electrons. The maximum atomic E-state index is 12.1. The summed E-state index contributed by atoms with van der Waals surface area (Å²) in [5.74, 6) is -0.870. The number of amides is 1. The molecule has 0 aromatic carbocycles. The number of carboxylic acids is 1. The molecule has 20 heavy (non-hydrogen) atoms. The third kappa shape index (κ3) is 3.15. The van der Waals surface area contributed by atoms with E-state index in [2.05, 4.69) is 12.2 Å². The molecule has 0 radical (unpaired) electrons. The second kappa shape index (κ2) is 6.15. The third-order valence-corrected chi connectivity index (χ3v) is 5.59. The minimum atomic E-state index is -0.795. The monoisotopic (exact) mass is 281 g/mol. The zero-order chi connectivity index (χ0) is 14.6. The van der Waals surface area contributed by atoms with Gasteiger partial charge in [0, 0.05) is 13.0 Å². The van der Waals surface area contributed by atoms with E-state index in [1.165, 1.54) is 25.7 Å². The highest BCUT2D eigenvalue weighted by Crippen LogP contribution is 2.42. The fraction of sp³-hybridized carbons (Fsp3) is 0.875. The van der Waals surface area contributed by atoms with Crippen LogP contribution in [0.1, 0.15) is 71.1 Å². The number of nitrogens with one attached hydrogen (secondary N) is 1. The molecule has 2 rings (SSSR count). The minimum absolute atomic E-state index is 0.0750. The minimum Gasteiger partial charge on any atom is -0.481 e. The van der Waals surface area contributed by atoms with Crippen molar-refractivity contribution in [3.8, 4) is 0 Å². The number of aliphatic carboxylic acids is 1. The van der Waals surface area contributed by atoms with Gasteiger partial charge in [-0.1, -0.05) is 32.6 Å². The molecule has 0 spiro atoms. The number of hydrogen-bond acceptors (Lipinski definition) is 2. The molecule has 1 amide bonds. The smallest absolute Gasteiger partial charge is 0.310 e. The number of carbonyl (C=O) groups is 2. The first-order valence-corrected chi connectivity index (χ1v) is 8.02. The lowest BCUT2D eigenvalue weighted by molar-refractivity contribution is -0.151. The lowest BCUT2D eigenvalue weighted by Gasteiger charge is -2.29. The van der Waals surface area contributed by atoms with Crippen LogP contribution in [0.3, 0.4) is 0 Å². The predicted molar refractivity (Wildman–Crippen MR) is 77.4 cm³/mol. The van der Waals surface area contributed by atoms with Gasteiger partial charge in [0.05, 0.1) is 5.41 Å². The molecule has 0 aromatic heterocycles. The molecule has 0 aromatic rings. The first-order valence-electron chi connectivity index (χ1n) is 8.02. The predicted octanol–water partition coefficient (Wildman–Crippen LogP) is 3.11. The summed E-state index contributed by atoms with van der Waals surface area (Å²) < 4.78 is 0. The van der Waals surface area contributed by atoms with Crippen LogP contribution < -0.4 is 5.32 Å². The lowest BCUT2D eigenvalue weighted by Crippen LogP contribution is -2.40. The quantitative estimate of drug-likeness (QED) is 0.786. The van der Waals surface area contributed by atoms with Crippen molar-refractivity contribution in [3.05, 3.63) is 0 Å². The molecule has 4 nitrogen and oxygen atoms in total. The van der Waals surface area contributed by atoms with Gasteiger partial charge in [0.1, 0.15) is 0 Å². The molecular weight excluding hydrogens is 254 g/mol. The number of carboxylic acid groups (broad SMARTS) is 1. The topological polar surface area (TPSA) is 66.4 Å². The van der Waals surface area contributed by atoms with E-state index in [-0.39, 0.29) is 17.7 Å². The molecular formula is C16H27NO3. The average molecular weight is 281 g/mol. The van der Waals surface area contributed by atoms with Gasteiger partial charge in [-0.25, -0.2) is 0 Å². The highest BCUT2D eigenvalue weighted by Gasteiger charge is 2.43. The normalized spacial score (nSPS) is 23.6. The van der Waals surface area contributed by atoms with Crippen molar-refractivity contribution in [3.63, 3.8) is 0 Å². The van der Waals surface area contributed by atoms with Gasteiger partial charge in [-0.2, -0.15) is 0 Å². The Hall–Kier alpha value is -1.06. The van der Waals surface area contributed by atoms with Gasteiger partial charge in [-0.05, 0) is 37.5 Å². The molecule has 0 atom stereocenters. The summed E-state index contributed by atoms with van der Waals surface area (Å²) in [6, 6.07) is 0. The Labute approximate surface area is 121 Å². The molecule has 0 bridgehead atoms. The van der Waals surface area contributed by atoms with E-state index in [4.69, 9.17) is 0 Å². The lowest BCUT2D eigenvalue weighted by atomic mass is 9.81. The van der Waals surface area contributed by atoms with E-state index in [0.29, 0.717) is 12.8 Å². The maximum absolute atomic E-state index is 12.1. The first-order chi connectivity index (χ1) is 9.52. The zero-order valence-electron chi connectivity index (χ0n) is 12.5. The molecule has 2 aliphatic rings. The van der Waals surface area contributed by atoms with Crippen molar-refractivity contribution in [1.82, 2.24) is 5.32 Å². The van der Waals surface area contributed by atoms with Crippen LogP contribution in [-0.2, 0) is 9.59 Å². The summed E-state index contributed by atoms with van der Waals surface area (Å²) in [5, 5.41) is 12.4. The van der Waals surface area contributed by atoms with Crippen molar-refractivity contribution in [2.75, 3.05) is 6.54 Å². The molecule has 0 saturated heterocycles. The molecule has 4 heteroatoms. The van der Waals surface area contributed by atoms with E-state index >= 15 is 0 Å². The van der Waals surface area contributed by atoms with Crippen LogP contribution in [-0.4, -0.2) is 23.5 Å². The Kier molecular flexibility index (Phi) is 4.71. The Morgan fingerprint density at radius 1 is 1.05 bits per heavy atom. The fourth-order valence-electron chi connectivity index (χ4n) is 3.95. The molecule has 0 unspecified atom stereocenters. The Balaban J connectivity index is 1.87. The van der Waals surface area contributed by atoms with Gasteiger partial charge < -0.3 is 10.4 Å². The van der Waals surface area contributed by atoms with Gasteiger partial charge >= 0.3 is 5.97 Å². The van der Waals surface area contributed by atoms with E-state index < -0.39 is 11.4 Å². The van der Waals surface area contributed by atoms with Crippen LogP contribution in [0, 0.1) is 10.8 Å². The molecule has 2 N–H and O–H groups in total. The third-order valence-electron chi connectivity index (χ3n) is 5.59. The molecule has 2 saturated carbocycles. The molecule has 0 aliphatic heterocycles. The van der Waals surface area contributed by atoms with Crippen LogP contribution in [0.5, 0.6) is 0 Å². The summed E-state index contributed by atoms with van der Waals surface area (Å²) in [7, 11) is 0. The van der Waals surface area contributed by atoms with Crippen molar-refractivity contribution >= 4 is 11.9 Å². The van der Waals surface area contributed by atoms with Gasteiger partial charge in [0.2, 0.25) is 5.91 Å². The Morgan fingerprint density at radius 2 is 1.60 bits per heavy atom. The van der Waals surface area contributed by atoms with Crippen LogP contribution in [0.25, 0.3) is 0 Å². The van der Waals surface area contributed by atoms with Crippen LogP contribution >= 0.6 is 0 Å². The standard InChI is InChI=1S/C16H27NO3/c1-2-15(7-3-4-8-15)12-17-13(18)11-16(14(19)20)9-5-6-10-16/h2-12H2,1H3,(H,17,18)(H,19,20). The zero-order valence-corrected chi connectivity index (χ0v) is 12.5. The first kappa shape index (κ1) is 15.3. The average Bonchev–Trinajstić information content (AvgIpc) is 3.06. The highest BCUT2D eigenvalue weighted by molar-refractivity contribution is 5.85. The van der Waals surface area contributed by atoms with Gasteiger partial charge in [-0.15, -0.1) is 0 Å². The van der Waals surface area contributed by atoms with E-state index in [0.717, 1.165) is 25.8 Å². The van der Waals surface area contributed by atoms with Crippen LogP contribution in [0.2, 0.25) is 0 Å². The van der Waals surface area contributed by atoms with Gasteiger partial charge in [0.25, 0.3) is 0 Å². The van der Waals surface area contributed by atoms with E-state index in [1.807, 2.05) is 0 Å². The second-order valence-electron chi connectivity index (χ2n) is 6.81. The summed E-state index contributed by atoms with van der Waals surface area (Å²) in [5.41, 5.74) is -0.527. The SMILES string of the molecule is CCC1(CNC(=O)CC2(C(=O)O)CCCC2)CCCC1. The summed E-state index contributed by atoms with van der Waals surface area (Å²) in [4.78, 5) is 23.6. The highest BCUT2D eigenvalue weighted by atomic mass is 16.4. The number of hydrogen-bond donors (Lipinski definition) is 2. The van der Waals surface area contributed by atoms with Crippen molar-refractivity contribution in [2.24, 2.45) is 10.8 Å². The van der Waals surface area contributed by atoms with E-state index in [1.54, 1.807) is 0 Å². The van der Waals surface area contributed by atoms with Gasteiger partial charge in [0.15, 0.2) is 0 Å². The molecule has 0 heterocycles. The summed E-state index contributed by atoms with van der Waals surface area (Å²) in [6.07, 6.45) is 9.28. The second-order valence-corrected chi connectivity index (χ2v) is 6.81. The fourth-order valence-corrected chi connectivity index (χ4v) is 3.95. The summed E-state index contributed by atoms with van der Waals surface area (Å²) >= 11 is 0. The van der Waals surface area contributed by atoms with Crippen molar-refractivity contribution in [2.45, 2.75) is 71.1 Å². The summed E-state index contributed by atoms with van der Waals surface area (Å²) in [6.45, 7) is 2.91. The van der Waals surface area contributed by atoms with Crippen molar-refractivity contribution in [1.29, 1.82) is 0 Å². The Morgan fingerprint density at radius 3 is 2.10 bits per heavy atom. The Bertz CT molecular complexity index is 366.